The zero-order chi connectivity index (χ0) is 8.48. The van der Waals surface area contributed by atoms with Gasteiger partial charge in [-0.15, -0.1) is 6.42 Å². The molecule has 1 rings (SSSR count). The first-order valence-electron chi connectivity index (χ1n) is 4.31. The van der Waals surface area contributed by atoms with Crippen molar-refractivity contribution in [1.29, 1.82) is 0 Å². The first-order chi connectivity index (χ1) is 5.10. The molecule has 1 saturated heterocycles. The number of likely N-dealkylation sites (tertiary alicyclic amines) is 1. The van der Waals surface area contributed by atoms with Gasteiger partial charge in [0, 0.05) is 6.04 Å². The Morgan fingerprint density at radius 3 is 2.73 bits per heavy atom. The molecule has 1 heteroatoms. The molecule has 1 fully saturated rings. The highest BCUT2D eigenvalue weighted by Gasteiger charge is 2.33. The van der Waals surface area contributed by atoms with E-state index in [2.05, 4.69) is 31.7 Å². The molecule has 0 aliphatic carbocycles. The Hall–Kier alpha value is -0.480. The third-order valence-electron chi connectivity index (χ3n) is 3.04. The van der Waals surface area contributed by atoms with Gasteiger partial charge in [0.25, 0.3) is 0 Å². The van der Waals surface area contributed by atoms with Crippen molar-refractivity contribution in [2.75, 3.05) is 7.05 Å². The maximum absolute atomic E-state index is 5.50. The number of piperidine rings is 1. The van der Waals surface area contributed by atoms with Gasteiger partial charge in [0.05, 0.1) is 5.54 Å². The van der Waals surface area contributed by atoms with E-state index in [1.165, 1.54) is 12.8 Å². The maximum atomic E-state index is 5.50. The molecule has 0 aromatic carbocycles. The minimum Gasteiger partial charge on any atom is -0.288 e. The largest absolute Gasteiger partial charge is 0.288 e. The highest BCUT2D eigenvalue weighted by atomic mass is 15.2. The number of rotatable bonds is 0. The van der Waals surface area contributed by atoms with E-state index in [0.29, 0.717) is 6.04 Å². The van der Waals surface area contributed by atoms with Gasteiger partial charge in [0.2, 0.25) is 0 Å². The fourth-order valence-corrected chi connectivity index (χ4v) is 1.77. The molecule has 1 heterocycles. The van der Waals surface area contributed by atoms with E-state index in [-0.39, 0.29) is 5.54 Å². The van der Waals surface area contributed by atoms with Crippen LogP contribution in [0.25, 0.3) is 0 Å². The third-order valence-corrected chi connectivity index (χ3v) is 3.04. The smallest absolute Gasteiger partial charge is 0.0794 e. The second-order valence-electron chi connectivity index (χ2n) is 3.77. The lowest BCUT2D eigenvalue weighted by atomic mass is 9.86. The Bertz CT molecular complexity index is 180. The van der Waals surface area contributed by atoms with Crippen molar-refractivity contribution in [2.24, 2.45) is 0 Å². The Kier molecular flexibility index (Phi) is 2.25. The van der Waals surface area contributed by atoms with Gasteiger partial charge in [-0.1, -0.05) is 5.92 Å². The lowest BCUT2D eigenvalue weighted by Crippen LogP contribution is -2.50. The first kappa shape index (κ1) is 8.62. The molecule has 1 aliphatic rings. The average molecular weight is 151 g/mol. The molecule has 2 unspecified atom stereocenters. The molecule has 62 valence electrons. The minimum atomic E-state index is 0.0116. The predicted molar refractivity (Wildman–Crippen MR) is 48.3 cm³/mol. The third kappa shape index (κ3) is 1.41. The topological polar surface area (TPSA) is 3.24 Å². The fourth-order valence-electron chi connectivity index (χ4n) is 1.77. The average Bonchev–Trinajstić information content (AvgIpc) is 2.00. The maximum Gasteiger partial charge on any atom is 0.0794 e. The predicted octanol–water partition coefficient (Wildman–Crippen LogP) is 1.88. The minimum absolute atomic E-state index is 0.0116. The summed E-state index contributed by atoms with van der Waals surface area (Å²) in [6.07, 6.45) is 9.20. The van der Waals surface area contributed by atoms with Crippen molar-refractivity contribution in [1.82, 2.24) is 4.90 Å². The number of terminal acetylenes is 1. The molecule has 0 radical (unpaired) electrons. The van der Waals surface area contributed by atoms with Crippen molar-refractivity contribution < 1.29 is 0 Å². The summed E-state index contributed by atoms with van der Waals surface area (Å²) in [6, 6.07) is 0.643. The summed E-state index contributed by atoms with van der Waals surface area (Å²) in [5, 5.41) is 0. The molecule has 0 amide bonds. The fraction of sp³-hybridized carbons (Fsp3) is 0.800. The van der Waals surface area contributed by atoms with Crippen LogP contribution in [0.4, 0.5) is 0 Å². The summed E-state index contributed by atoms with van der Waals surface area (Å²) in [5.41, 5.74) is 0.0116. The molecule has 2 atom stereocenters. The van der Waals surface area contributed by atoms with Crippen LogP contribution in [-0.2, 0) is 0 Å². The van der Waals surface area contributed by atoms with E-state index >= 15 is 0 Å². The van der Waals surface area contributed by atoms with Gasteiger partial charge in [-0.3, -0.25) is 4.90 Å². The summed E-state index contributed by atoms with van der Waals surface area (Å²) < 4.78 is 0. The summed E-state index contributed by atoms with van der Waals surface area (Å²) in [6.45, 7) is 4.40. The SMILES string of the molecule is C#CC1(C)CCCC(C)N1C. The molecular formula is C10H17N. The second kappa shape index (κ2) is 2.87. The van der Waals surface area contributed by atoms with E-state index < -0.39 is 0 Å². The molecular weight excluding hydrogens is 134 g/mol. The van der Waals surface area contributed by atoms with Crippen molar-refractivity contribution >= 4 is 0 Å². The van der Waals surface area contributed by atoms with E-state index in [0.717, 1.165) is 6.42 Å². The van der Waals surface area contributed by atoms with E-state index in [9.17, 15) is 0 Å². The number of hydrogen-bond acceptors (Lipinski definition) is 1. The van der Waals surface area contributed by atoms with Crippen LogP contribution in [0.1, 0.15) is 33.1 Å². The highest BCUT2D eigenvalue weighted by Crippen LogP contribution is 2.29. The molecule has 0 N–H and O–H groups in total. The van der Waals surface area contributed by atoms with Crippen LogP contribution in [0.3, 0.4) is 0 Å². The molecule has 1 nitrogen and oxygen atoms in total. The summed E-state index contributed by atoms with van der Waals surface area (Å²) in [4.78, 5) is 2.32. The standard InChI is InChI=1S/C10H17N/c1-5-10(3)8-6-7-9(2)11(10)4/h1,9H,6-8H2,2-4H3. The normalized spacial score (nSPS) is 40.0. The summed E-state index contributed by atoms with van der Waals surface area (Å²) >= 11 is 0. The molecule has 1 aliphatic heterocycles. The molecule has 0 saturated carbocycles. The number of nitrogens with zero attached hydrogens (tertiary/aromatic N) is 1. The van der Waals surface area contributed by atoms with Crippen LogP contribution < -0.4 is 0 Å². The second-order valence-corrected chi connectivity index (χ2v) is 3.77. The van der Waals surface area contributed by atoms with Gasteiger partial charge in [0.15, 0.2) is 0 Å². The molecule has 0 bridgehead atoms. The lowest BCUT2D eigenvalue weighted by Gasteiger charge is -2.43. The van der Waals surface area contributed by atoms with Crippen LogP contribution in [0.5, 0.6) is 0 Å². The summed E-state index contributed by atoms with van der Waals surface area (Å²) in [7, 11) is 2.13. The van der Waals surface area contributed by atoms with Gasteiger partial charge in [0.1, 0.15) is 0 Å². The van der Waals surface area contributed by atoms with Gasteiger partial charge in [-0.05, 0) is 40.2 Å². The van der Waals surface area contributed by atoms with Crippen molar-refractivity contribution in [3.63, 3.8) is 0 Å². The Labute approximate surface area is 69.8 Å². The van der Waals surface area contributed by atoms with Crippen molar-refractivity contribution in [3.8, 4) is 12.3 Å². The number of hydrogen-bond donors (Lipinski definition) is 0. The van der Waals surface area contributed by atoms with Crippen LogP contribution in [0.15, 0.2) is 0 Å². The van der Waals surface area contributed by atoms with Crippen LogP contribution >= 0.6 is 0 Å². The molecule has 11 heavy (non-hydrogen) atoms. The van der Waals surface area contributed by atoms with Crippen molar-refractivity contribution in [2.45, 2.75) is 44.7 Å². The van der Waals surface area contributed by atoms with Crippen LogP contribution in [0.2, 0.25) is 0 Å². The van der Waals surface area contributed by atoms with Gasteiger partial charge in [-0.25, -0.2) is 0 Å². The van der Waals surface area contributed by atoms with E-state index in [1.807, 2.05) is 0 Å². The molecule has 0 aromatic heterocycles. The van der Waals surface area contributed by atoms with Crippen LogP contribution in [-0.4, -0.2) is 23.5 Å². The quantitative estimate of drug-likeness (QED) is 0.478. The van der Waals surface area contributed by atoms with Gasteiger partial charge < -0.3 is 0 Å². The lowest BCUT2D eigenvalue weighted by molar-refractivity contribution is 0.0892. The van der Waals surface area contributed by atoms with Gasteiger partial charge >= 0.3 is 0 Å². The Balaban J connectivity index is 2.74. The van der Waals surface area contributed by atoms with Crippen LogP contribution in [0, 0.1) is 12.3 Å². The Morgan fingerprint density at radius 2 is 2.27 bits per heavy atom. The Morgan fingerprint density at radius 1 is 1.64 bits per heavy atom. The zero-order valence-electron chi connectivity index (χ0n) is 7.72. The summed E-state index contributed by atoms with van der Waals surface area (Å²) in [5.74, 6) is 2.89. The van der Waals surface area contributed by atoms with Crippen molar-refractivity contribution in [3.05, 3.63) is 0 Å². The monoisotopic (exact) mass is 151 g/mol. The zero-order valence-corrected chi connectivity index (χ0v) is 7.72. The molecule has 0 spiro atoms. The highest BCUT2D eigenvalue weighted by molar-refractivity contribution is 5.12. The van der Waals surface area contributed by atoms with E-state index in [4.69, 9.17) is 6.42 Å². The molecule has 0 aromatic rings. The van der Waals surface area contributed by atoms with E-state index in [1.54, 1.807) is 0 Å². The van der Waals surface area contributed by atoms with Gasteiger partial charge in [-0.2, -0.15) is 0 Å². The first-order valence-corrected chi connectivity index (χ1v) is 4.31.